The minimum absolute atomic E-state index is 0.0923. The molecular formula is C39H68O6. The van der Waals surface area contributed by atoms with E-state index in [1.54, 1.807) is 0 Å². The lowest BCUT2D eigenvalue weighted by Gasteiger charge is -2.18. The molecule has 0 N–H and O–H groups in total. The zero-order valence-corrected chi connectivity index (χ0v) is 29.4. The highest BCUT2D eigenvalue weighted by Crippen LogP contribution is 2.11. The second kappa shape index (κ2) is 34.5. The van der Waals surface area contributed by atoms with E-state index in [0.717, 1.165) is 96.3 Å². The summed E-state index contributed by atoms with van der Waals surface area (Å²) in [5.74, 6) is -0.960. The van der Waals surface area contributed by atoms with E-state index in [9.17, 15) is 14.4 Å². The van der Waals surface area contributed by atoms with Crippen molar-refractivity contribution in [3.8, 4) is 0 Å². The lowest BCUT2D eigenvalue weighted by atomic mass is 10.1. The third kappa shape index (κ3) is 32.8. The summed E-state index contributed by atoms with van der Waals surface area (Å²) in [4.78, 5) is 37.2. The van der Waals surface area contributed by atoms with E-state index in [4.69, 9.17) is 14.2 Å². The number of allylic oxidation sites excluding steroid dienone is 6. The fourth-order valence-electron chi connectivity index (χ4n) is 4.68. The highest BCUT2D eigenvalue weighted by molar-refractivity contribution is 5.71. The van der Waals surface area contributed by atoms with Gasteiger partial charge in [-0.3, -0.25) is 14.4 Å². The summed E-state index contributed by atoms with van der Waals surface area (Å²) in [7, 11) is 0. The Labute approximate surface area is 276 Å². The van der Waals surface area contributed by atoms with Crippen LogP contribution in [0.15, 0.2) is 36.5 Å². The van der Waals surface area contributed by atoms with E-state index < -0.39 is 6.10 Å². The van der Waals surface area contributed by atoms with Crippen molar-refractivity contribution in [1.29, 1.82) is 0 Å². The molecule has 0 amide bonds. The zero-order chi connectivity index (χ0) is 33.1. The van der Waals surface area contributed by atoms with E-state index in [2.05, 4.69) is 57.2 Å². The van der Waals surface area contributed by atoms with Crippen LogP contribution in [0.2, 0.25) is 0 Å². The summed E-state index contributed by atoms with van der Waals surface area (Å²) in [6.45, 7) is 6.40. The molecule has 0 fully saturated rings. The molecule has 6 nitrogen and oxygen atoms in total. The van der Waals surface area contributed by atoms with Crippen molar-refractivity contribution in [2.75, 3.05) is 13.2 Å². The van der Waals surface area contributed by atoms with Gasteiger partial charge >= 0.3 is 17.9 Å². The van der Waals surface area contributed by atoms with Crippen LogP contribution < -0.4 is 0 Å². The van der Waals surface area contributed by atoms with E-state index in [1.165, 1.54) is 38.5 Å². The topological polar surface area (TPSA) is 78.9 Å². The first kappa shape index (κ1) is 42.6. The van der Waals surface area contributed by atoms with Crippen molar-refractivity contribution in [2.45, 2.75) is 181 Å². The normalized spacial score (nSPS) is 12.3. The molecule has 0 spiro atoms. The molecule has 0 unspecified atom stereocenters. The average Bonchev–Trinajstić information content (AvgIpc) is 3.03. The van der Waals surface area contributed by atoms with Crippen LogP contribution >= 0.6 is 0 Å². The van der Waals surface area contributed by atoms with E-state index in [0.29, 0.717) is 19.3 Å². The number of carbonyl (C=O) groups is 3. The third-order valence-corrected chi connectivity index (χ3v) is 7.59. The summed E-state index contributed by atoms with van der Waals surface area (Å²) < 4.78 is 16.5. The van der Waals surface area contributed by atoms with Gasteiger partial charge in [0.25, 0.3) is 0 Å². The second-order valence-corrected chi connectivity index (χ2v) is 12.1. The van der Waals surface area contributed by atoms with Gasteiger partial charge in [0.15, 0.2) is 6.10 Å². The van der Waals surface area contributed by atoms with Gasteiger partial charge in [0.1, 0.15) is 13.2 Å². The molecule has 0 bridgehead atoms. The maximum Gasteiger partial charge on any atom is 0.306 e. The smallest absolute Gasteiger partial charge is 0.306 e. The van der Waals surface area contributed by atoms with Crippen molar-refractivity contribution in [3.63, 3.8) is 0 Å². The Kier molecular flexibility index (Phi) is 32.7. The molecule has 0 aromatic carbocycles. The third-order valence-electron chi connectivity index (χ3n) is 7.59. The maximum absolute atomic E-state index is 12.5. The number of carbonyl (C=O) groups excluding carboxylic acids is 3. The molecule has 0 heterocycles. The summed E-state index contributed by atoms with van der Waals surface area (Å²) in [5, 5.41) is 0. The lowest BCUT2D eigenvalue weighted by molar-refractivity contribution is -0.167. The maximum atomic E-state index is 12.5. The molecule has 0 rings (SSSR count). The van der Waals surface area contributed by atoms with Gasteiger partial charge in [-0.15, -0.1) is 0 Å². The van der Waals surface area contributed by atoms with Gasteiger partial charge in [-0.1, -0.05) is 115 Å². The van der Waals surface area contributed by atoms with Crippen LogP contribution in [-0.2, 0) is 28.6 Å². The molecule has 0 atom stereocenters. The quantitative estimate of drug-likeness (QED) is 0.0318. The SMILES string of the molecule is CCCCC=CCCCCCC(=O)OCC(COC(=O)CCCCCC=CCCCC)OC(=O)CCCCCC=CCCCC. The van der Waals surface area contributed by atoms with Crippen molar-refractivity contribution in [2.24, 2.45) is 0 Å². The Bertz CT molecular complexity index is 740. The second-order valence-electron chi connectivity index (χ2n) is 12.1. The molecule has 0 saturated heterocycles. The van der Waals surface area contributed by atoms with Gasteiger partial charge in [0, 0.05) is 19.3 Å². The Morgan fingerprint density at radius 3 is 1.07 bits per heavy atom. The van der Waals surface area contributed by atoms with Gasteiger partial charge in [-0.2, -0.15) is 0 Å². The molecule has 0 aromatic heterocycles. The first-order valence-electron chi connectivity index (χ1n) is 18.5. The van der Waals surface area contributed by atoms with Crippen molar-refractivity contribution in [1.82, 2.24) is 0 Å². The minimum Gasteiger partial charge on any atom is -0.462 e. The van der Waals surface area contributed by atoms with Gasteiger partial charge in [-0.25, -0.2) is 0 Å². The molecule has 0 aromatic rings. The molecule has 45 heavy (non-hydrogen) atoms. The van der Waals surface area contributed by atoms with Crippen LogP contribution in [0.5, 0.6) is 0 Å². The number of hydrogen-bond acceptors (Lipinski definition) is 6. The molecule has 6 heteroatoms. The van der Waals surface area contributed by atoms with E-state index >= 15 is 0 Å². The number of hydrogen-bond donors (Lipinski definition) is 0. The zero-order valence-electron chi connectivity index (χ0n) is 29.4. The van der Waals surface area contributed by atoms with Crippen molar-refractivity contribution in [3.05, 3.63) is 36.5 Å². The Morgan fingerprint density at radius 2 is 0.733 bits per heavy atom. The van der Waals surface area contributed by atoms with Crippen LogP contribution in [-0.4, -0.2) is 37.2 Å². The largest absolute Gasteiger partial charge is 0.462 e. The summed E-state index contributed by atoms with van der Waals surface area (Å²) in [6.07, 6.45) is 35.7. The van der Waals surface area contributed by atoms with Crippen LogP contribution in [0.3, 0.4) is 0 Å². The van der Waals surface area contributed by atoms with Crippen LogP contribution in [0, 0.1) is 0 Å². The molecule has 0 radical (unpaired) electrons. The summed E-state index contributed by atoms with van der Waals surface area (Å²) >= 11 is 0. The number of rotatable bonds is 32. The van der Waals surface area contributed by atoms with E-state index in [1.807, 2.05) is 0 Å². The Morgan fingerprint density at radius 1 is 0.422 bits per heavy atom. The number of esters is 3. The Hall–Kier alpha value is -2.37. The number of ether oxygens (including phenoxy) is 3. The molecule has 0 aliphatic carbocycles. The molecule has 0 saturated carbocycles. The predicted octanol–water partition coefficient (Wildman–Crippen LogP) is 11.1. The molecule has 0 aliphatic rings. The number of unbranched alkanes of at least 4 members (excludes halogenated alkanes) is 15. The van der Waals surface area contributed by atoms with Crippen LogP contribution in [0.1, 0.15) is 175 Å². The lowest BCUT2D eigenvalue weighted by Crippen LogP contribution is -2.30. The fraction of sp³-hybridized carbons (Fsp3) is 0.769. The predicted molar refractivity (Wildman–Crippen MR) is 187 cm³/mol. The van der Waals surface area contributed by atoms with Crippen LogP contribution in [0.25, 0.3) is 0 Å². The highest BCUT2D eigenvalue weighted by atomic mass is 16.6. The first-order valence-corrected chi connectivity index (χ1v) is 18.5. The van der Waals surface area contributed by atoms with Crippen molar-refractivity contribution >= 4 is 17.9 Å². The average molecular weight is 633 g/mol. The Balaban J connectivity index is 4.45. The van der Waals surface area contributed by atoms with E-state index in [-0.39, 0.29) is 31.1 Å². The standard InChI is InChI=1S/C39H68O6/c1-4-7-10-13-16-19-22-25-28-31-37(40)43-34-36(45-39(42)33-30-27-24-21-18-15-12-9-6-3)35-44-38(41)32-29-26-23-20-17-14-11-8-5-2/h13-18,36H,4-12,19-35H2,1-3H3. The highest BCUT2D eigenvalue weighted by Gasteiger charge is 2.19. The fourth-order valence-corrected chi connectivity index (χ4v) is 4.68. The molecule has 0 aliphatic heterocycles. The van der Waals surface area contributed by atoms with Gasteiger partial charge < -0.3 is 14.2 Å². The molecule has 260 valence electrons. The van der Waals surface area contributed by atoms with Gasteiger partial charge in [0.05, 0.1) is 0 Å². The summed E-state index contributed by atoms with van der Waals surface area (Å²) in [6, 6.07) is 0. The minimum atomic E-state index is -0.784. The summed E-state index contributed by atoms with van der Waals surface area (Å²) in [5.41, 5.74) is 0. The first-order chi connectivity index (χ1) is 22.0. The van der Waals surface area contributed by atoms with Crippen molar-refractivity contribution < 1.29 is 28.6 Å². The van der Waals surface area contributed by atoms with Crippen LogP contribution in [0.4, 0.5) is 0 Å². The molecular weight excluding hydrogens is 564 g/mol. The van der Waals surface area contributed by atoms with Gasteiger partial charge in [0.2, 0.25) is 0 Å². The monoisotopic (exact) mass is 633 g/mol. The van der Waals surface area contributed by atoms with Gasteiger partial charge in [-0.05, 0) is 77.0 Å².